The van der Waals surface area contributed by atoms with Gasteiger partial charge in [0.25, 0.3) is 5.56 Å². The third-order valence-corrected chi connectivity index (χ3v) is 6.10. The molecule has 0 atom stereocenters. The number of rotatable bonds is 7. The molecule has 1 saturated heterocycles. The first kappa shape index (κ1) is 22.1. The van der Waals surface area contributed by atoms with Crippen LogP contribution in [0.5, 0.6) is 0 Å². The summed E-state index contributed by atoms with van der Waals surface area (Å²) in [7, 11) is 0. The minimum atomic E-state index is -0.578. The molecular formula is C23H27ClN5O3+. The molecule has 1 fully saturated rings. The molecule has 0 aliphatic carbocycles. The molecule has 0 spiro atoms. The summed E-state index contributed by atoms with van der Waals surface area (Å²) in [6.45, 7) is 5.18. The monoisotopic (exact) mass is 456 g/mol. The number of hydrogen-bond acceptors (Lipinski definition) is 4. The number of nitrogens with zero attached hydrogens (tertiary/aromatic N) is 2. The van der Waals surface area contributed by atoms with Crippen LogP contribution in [0.25, 0.3) is 10.9 Å². The van der Waals surface area contributed by atoms with Gasteiger partial charge in [0.05, 0.1) is 43.6 Å². The minimum absolute atomic E-state index is 0.288. The smallest absolute Gasteiger partial charge is 0.329 e. The normalized spacial score (nSPS) is 14.6. The van der Waals surface area contributed by atoms with Crippen molar-refractivity contribution in [3.8, 4) is 0 Å². The van der Waals surface area contributed by atoms with Crippen LogP contribution in [-0.2, 0) is 11.3 Å². The number of carbonyl (C=O) groups is 1. The van der Waals surface area contributed by atoms with Crippen molar-refractivity contribution in [3.05, 3.63) is 74.4 Å². The number of anilines is 1. The van der Waals surface area contributed by atoms with Crippen molar-refractivity contribution in [3.63, 3.8) is 0 Å². The molecular weight excluding hydrogens is 430 g/mol. The molecule has 1 amide bonds. The summed E-state index contributed by atoms with van der Waals surface area (Å²) in [5.74, 6) is -0.339. The summed E-state index contributed by atoms with van der Waals surface area (Å²) < 4.78 is 0.942. The zero-order valence-corrected chi connectivity index (χ0v) is 18.5. The fraction of sp³-hybridized carbons (Fsp3) is 0.348. The number of aromatic amines is 1. The van der Waals surface area contributed by atoms with Crippen LogP contribution in [0, 0.1) is 0 Å². The summed E-state index contributed by atoms with van der Waals surface area (Å²) in [5.41, 5.74) is 0.590. The molecule has 1 aromatic heterocycles. The van der Waals surface area contributed by atoms with Gasteiger partial charge in [-0.25, -0.2) is 4.79 Å². The molecule has 9 heteroatoms. The number of halogens is 1. The van der Waals surface area contributed by atoms with E-state index in [1.807, 2.05) is 18.2 Å². The van der Waals surface area contributed by atoms with Gasteiger partial charge < -0.3 is 20.1 Å². The van der Waals surface area contributed by atoms with E-state index in [9.17, 15) is 14.4 Å². The second-order valence-electron chi connectivity index (χ2n) is 8.04. The van der Waals surface area contributed by atoms with E-state index in [0.717, 1.165) is 54.4 Å². The molecule has 4 rings (SSSR count). The first-order chi connectivity index (χ1) is 15.5. The van der Waals surface area contributed by atoms with E-state index in [-0.39, 0.29) is 12.5 Å². The maximum Gasteiger partial charge on any atom is 0.329 e. The third-order valence-electron chi connectivity index (χ3n) is 5.86. The number of piperazine rings is 1. The van der Waals surface area contributed by atoms with Crippen molar-refractivity contribution in [2.45, 2.75) is 13.0 Å². The van der Waals surface area contributed by atoms with E-state index in [2.05, 4.69) is 21.3 Å². The Morgan fingerprint density at radius 2 is 1.88 bits per heavy atom. The number of carbonyl (C=O) groups excluding carboxylic acids is 1. The van der Waals surface area contributed by atoms with Crippen LogP contribution in [0.1, 0.15) is 6.42 Å². The maximum absolute atomic E-state index is 12.5. The Hall–Kier alpha value is -3.10. The highest BCUT2D eigenvalue weighted by Crippen LogP contribution is 2.19. The van der Waals surface area contributed by atoms with Crippen LogP contribution in [0.3, 0.4) is 0 Å². The Morgan fingerprint density at radius 1 is 1.09 bits per heavy atom. The second-order valence-corrected chi connectivity index (χ2v) is 8.47. The van der Waals surface area contributed by atoms with Gasteiger partial charge in [-0.3, -0.25) is 14.2 Å². The quantitative estimate of drug-likeness (QED) is 0.445. The van der Waals surface area contributed by atoms with Crippen molar-refractivity contribution >= 4 is 34.1 Å². The highest BCUT2D eigenvalue weighted by Gasteiger charge is 2.20. The molecule has 2 aromatic carbocycles. The van der Waals surface area contributed by atoms with Crippen LogP contribution in [0.4, 0.5) is 5.69 Å². The number of fused-ring (bicyclic) bond motifs is 1. The molecule has 3 N–H and O–H groups in total. The van der Waals surface area contributed by atoms with Crippen LogP contribution < -0.4 is 26.4 Å². The van der Waals surface area contributed by atoms with Crippen molar-refractivity contribution in [1.82, 2.24) is 14.9 Å². The van der Waals surface area contributed by atoms with E-state index in [1.165, 1.54) is 4.90 Å². The number of quaternary nitrogens is 1. The predicted octanol–water partition coefficient (Wildman–Crippen LogP) is 0.255. The Balaban J connectivity index is 1.21. The van der Waals surface area contributed by atoms with Gasteiger partial charge in [-0.15, -0.1) is 0 Å². The van der Waals surface area contributed by atoms with Crippen LogP contribution in [0.2, 0.25) is 5.02 Å². The van der Waals surface area contributed by atoms with Gasteiger partial charge in [0, 0.05) is 23.7 Å². The molecule has 0 bridgehead atoms. The molecule has 0 radical (unpaired) electrons. The van der Waals surface area contributed by atoms with E-state index >= 15 is 0 Å². The number of aromatic nitrogens is 2. The summed E-state index contributed by atoms with van der Waals surface area (Å²) in [5, 5.41) is 3.96. The number of hydrogen-bond donors (Lipinski definition) is 3. The summed E-state index contributed by atoms with van der Waals surface area (Å²) >= 11 is 6.09. The van der Waals surface area contributed by atoms with Crippen molar-refractivity contribution in [2.75, 3.05) is 44.2 Å². The first-order valence-electron chi connectivity index (χ1n) is 10.8. The Kier molecular flexibility index (Phi) is 6.92. The van der Waals surface area contributed by atoms with E-state index in [0.29, 0.717) is 17.4 Å². The fourth-order valence-electron chi connectivity index (χ4n) is 4.11. The van der Waals surface area contributed by atoms with Crippen molar-refractivity contribution < 1.29 is 9.69 Å². The van der Waals surface area contributed by atoms with E-state index < -0.39 is 11.2 Å². The Bertz CT molecular complexity index is 1210. The molecule has 2 heterocycles. The van der Waals surface area contributed by atoms with Gasteiger partial charge in [0.15, 0.2) is 0 Å². The van der Waals surface area contributed by atoms with Crippen LogP contribution in [-0.4, -0.2) is 54.7 Å². The summed E-state index contributed by atoms with van der Waals surface area (Å²) in [6, 6.07) is 14.7. The van der Waals surface area contributed by atoms with Crippen LogP contribution in [0.15, 0.2) is 58.1 Å². The Labute approximate surface area is 190 Å². The highest BCUT2D eigenvalue weighted by molar-refractivity contribution is 6.30. The van der Waals surface area contributed by atoms with E-state index in [4.69, 9.17) is 11.6 Å². The molecule has 1 aliphatic rings. The number of amides is 1. The van der Waals surface area contributed by atoms with Gasteiger partial charge in [0.1, 0.15) is 6.54 Å². The summed E-state index contributed by atoms with van der Waals surface area (Å²) in [4.78, 5) is 43.5. The molecule has 0 saturated carbocycles. The Morgan fingerprint density at radius 3 is 2.66 bits per heavy atom. The van der Waals surface area contributed by atoms with Gasteiger partial charge in [-0.2, -0.15) is 0 Å². The minimum Gasteiger partial charge on any atom is -0.360 e. The standard InChI is InChI=1S/C23H26ClN5O3/c24-17-5-3-6-18(15-17)28-13-11-27(12-14-28)10-4-9-25-21(30)16-29-22(31)19-7-1-2-8-20(19)26-23(29)32/h1-3,5-8,15H,4,9-14,16H2,(H,25,30)(H,26,32)/p+1. The topological polar surface area (TPSA) is 91.6 Å². The summed E-state index contributed by atoms with van der Waals surface area (Å²) in [6.07, 6.45) is 0.835. The largest absolute Gasteiger partial charge is 0.360 e. The third kappa shape index (κ3) is 5.20. The van der Waals surface area contributed by atoms with Gasteiger partial charge >= 0.3 is 5.69 Å². The fourth-order valence-corrected chi connectivity index (χ4v) is 4.30. The zero-order chi connectivity index (χ0) is 22.5. The van der Waals surface area contributed by atoms with E-state index in [1.54, 1.807) is 24.3 Å². The lowest BCUT2D eigenvalue weighted by atomic mass is 10.2. The van der Waals surface area contributed by atoms with Crippen molar-refractivity contribution in [2.24, 2.45) is 0 Å². The van der Waals surface area contributed by atoms with Crippen molar-refractivity contribution in [1.29, 1.82) is 0 Å². The average Bonchev–Trinajstić information content (AvgIpc) is 2.80. The number of para-hydroxylation sites is 1. The van der Waals surface area contributed by atoms with Crippen LogP contribution >= 0.6 is 11.6 Å². The molecule has 8 nitrogen and oxygen atoms in total. The average molecular weight is 457 g/mol. The lowest BCUT2D eigenvalue weighted by molar-refractivity contribution is -0.900. The van der Waals surface area contributed by atoms with Gasteiger partial charge in [-0.05, 0) is 30.3 Å². The number of H-pyrrole nitrogens is 1. The SMILES string of the molecule is O=C(Cn1c(=O)[nH]c2ccccc2c1=O)NCCC[NH+]1CCN(c2cccc(Cl)c2)CC1. The molecule has 0 unspecified atom stereocenters. The molecule has 32 heavy (non-hydrogen) atoms. The maximum atomic E-state index is 12.5. The lowest BCUT2D eigenvalue weighted by Gasteiger charge is -2.33. The van der Waals surface area contributed by atoms with Gasteiger partial charge in [-0.1, -0.05) is 29.8 Å². The number of benzene rings is 2. The van der Waals surface area contributed by atoms with Gasteiger partial charge in [0.2, 0.25) is 5.91 Å². The number of nitrogens with one attached hydrogen (secondary N) is 3. The second kappa shape index (κ2) is 10.0. The molecule has 1 aliphatic heterocycles. The molecule has 168 valence electrons. The zero-order valence-electron chi connectivity index (χ0n) is 17.8. The predicted molar refractivity (Wildman–Crippen MR) is 126 cm³/mol. The molecule has 3 aromatic rings. The highest BCUT2D eigenvalue weighted by atomic mass is 35.5. The lowest BCUT2D eigenvalue weighted by Crippen LogP contribution is -3.15. The first-order valence-corrected chi connectivity index (χ1v) is 11.2.